The molecule has 110 valence electrons. The quantitative estimate of drug-likeness (QED) is 0.609. The number of thiophene rings is 1. The topological polar surface area (TPSA) is 46.5 Å². The van der Waals surface area contributed by atoms with Gasteiger partial charge in [-0.15, -0.1) is 11.3 Å². The third-order valence-corrected chi connectivity index (χ3v) is 4.38. The Hall–Kier alpha value is -1.59. The first-order chi connectivity index (χ1) is 10.0. The number of rotatable bonds is 5. The molecule has 0 atom stereocenters. The standard InChI is InChI=1S/C16H15BrO3S/c1-3-20-14-9-11(8-12(17)16(14)19)5-6-13(18)15-7-4-10(2)21-15/h4-9,19H,3H2,1-2H3/b6-5+. The van der Waals surface area contributed by atoms with Gasteiger partial charge in [-0.1, -0.05) is 6.08 Å². The molecular weight excluding hydrogens is 352 g/mol. The van der Waals surface area contributed by atoms with Crippen LogP contribution in [-0.2, 0) is 0 Å². The van der Waals surface area contributed by atoms with Crippen molar-refractivity contribution in [2.75, 3.05) is 6.61 Å². The van der Waals surface area contributed by atoms with Crippen LogP contribution in [0.15, 0.2) is 34.8 Å². The molecule has 0 amide bonds. The molecule has 1 N–H and O–H groups in total. The molecule has 0 radical (unpaired) electrons. The summed E-state index contributed by atoms with van der Waals surface area (Å²) in [5.41, 5.74) is 0.782. The fourth-order valence-electron chi connectivity index (χ4n) is 1.78. The largest absolute Gasteiger partial charge is 0.503 e. The molecule has 1 aromatic heterocycles. The van der Waals surface area contributed by atoms with Crippen molar-refractivity contribution in [1.29, 1.82) is 0 Å². The Morgan fingerprint density at radius 2 is 2.19 bits per heavy atom. The van der Waals surface area contributed by atoms with E-state index in [1.54, 1.807) is 18.2 Å². The van der Waals surface area contributed by atoms with Gasteiger partial charge in [-0.25, -0.2) is 0 Å². The molecular formula is C16H15BrO3S. The number of ketones is 1. The lowest BCUT2D eigenvalue weighted by Crippen LogP contribution is -1.93. The Kier molecular flexibility index (Phi) is 5.20. The molecule has 21 heavy (non-hydrogen) atoms. The molecule has 0 aliphatic rings. The van der Waals surface area contributed by atoms with Crippen molar-refractivity contribution < 1.29 is 14.6 Å². The van der Waals surface area contributed by atoms with Crippen molar-refractivity contribution in [2.24, 2.45) is 0 Å². The van der Waals surface area contributed by atoms with E-state index in [1.165, 1.54) is 17.4 Å². The van der Waals surface area contributed by atoms with Crippen LogP contribution >= 0.6 is 27.3 Å². The first-order valence-corrected chi connectivity index (χ1v) is 8.06. The van der Waals surface area contributed by atoms with Gasteiger partial charge in [-0.2, -0.15) is 0 Å². The van der Waals surface area contributed by atoms with Gasteiger partial charge in [-0.3, -0.25) is 4.79 Å². The van der Waals surface area contributed by atoms with Gasteiger partial charge in [0.2, 0.25) is 0 Å². The van der Waals surface area contributed by atoms with Gasteiger partial charge in [-0.05, 0) is 65.7 Å². The summed E-state index contributed by atoms with van der Waals surface area (Å²) < 4.78 is 5.89. The van der Waals surface area contributed by atoms with Gasteiger partial charge in [0.15, 0.2) is 17.3 Å². The minimum atomic E-state index is -0.0322. The molecule has 1 aromatic carbocycles. The Balaban J connectivity index is 2.22. The molecule has 3 nitrogen and oxygen atoms in total. The lowest BCUT2D eigenvalue weighted by molar-refractivity contribution is 0.105. The van der Waals surface area contributed by atoms with E-state index >= 15 is 0 Å². The number of phenolic OH excluding ortho intramolecular Hbond substituents is 1. The fourth-order valence-corrected chi connectivity index (χ4v) is 3.02. The number of carbonyl (C=O) groups excluding carboxylic acids is 1. The summed E-state index contributed by atoms with van der Waals surface area (Å²) in [6, 6.07) is 7.19. The smallest absolute Gasteiger partial charge is 0.195 e. The molecule has 0 saturated carbocycles. The van der Waals surface area contributed by atoms with Crippen LogP contribution in [0.4, 0.5) is 0 Å². The molecule has 5 heteroatoms. The van der Waals surface area contributed by atoms with E-state index < -0.39 is 0 Å². The third kappa shape index (κ3) is 3.95. The van der Waals surface area contributed by atoms with Gasteiger partial charge < -0.3 is 9.84 Å². The predicted molar refractivity (Wildman–Crippen MR) is 89.4 cm³/mol. The van der Waals surface area contributed by atoms with E-state index in [2.05, 4.69) is 15.9 Å². The number of hydrogen-bond donors (Lipinski definition) is 1. The van der Waals surface area contributed by atoms with Crippen molar-refractivity contribution in [2.45, 2.75) is 13.8 Å². The highest BCUT2D eigenvalue weighted by molar-refractivity contribution is 9.10. The van der Waals surface area contributed by atoms with Gasteiger partial charge in [0.1, 0.15) is 0 Å². The molecule has 0 fully saturated rings. The summed E-state index contributed by atoms with van der Waals surface area (Å²) in [4.78, 5) is 13.8. The molecule has 0 saturated heterocycles. The summed E-state index contributed by atoms with van der Waals surface area (Å²) in [6.45, 7) is 4.27. The average molecular weight is 367 g/mol. The Labute approximate surface area is 136 Å². The van der Waals surface area contributed by atoms with Gasteiger partial charge in [0.05, 0.1) is 16.0 Å². The molecule has 2 rings (SSSR count). The van der Waals surface area contributed by atoms with E-state index in [9.17, 15) is 9.90 Å². The van der Waals surface area contributed by atoms with E-state index in [1.807, 2.05) is 26.0 Å². The van der Waals surface area contributed by atoms with Crippen molar-refractivity contribution in [1.82, 2.24) is 0 Å². The Morgan fingerprint density at radius 3 is 2.81 bits per heavy atom. The monoisotopic (exact) mass is 366 g/mol. The van der Waals surface area contributed by atoms with Crippen LogP contribution in [0.3, 0.4) is 0 Å². The maximum Gasteiger partial charge on any atom is 0.195 e. The van der Waals surface area contributed by atoms with Gasteiger partial charge in [0, 0.05) is 4.88 Å². The zero-order chi connectivity index (χ0) is 15.4. The molecule has 1 heterocycles. The van der Waals surface area contributed by atoms with E-state index in [4.69, 9.17) is 4.74 Å². The second-order valence-corrected chi connectivity index (χ2v) is 6.53. The van der Waals surface area contributed by atoms with Gasteiger partial charge >= 0.3 is 0 Å². The molecule has 0 aliphatic carbocycles. The second kappa shape index (κ2) is 6.91. The first-order valence-electron chi connectivity index (χ1n) is 6.45. The van der Waals surface area contributed by atoms with Crippen LogP contribution in [0, 0.1) is 6.92 Å². The van der Waals surface area contributed by atoms with Crippen LogP contribution in [0.25, 0.3) is 6.08 Å². The third-order valence-electron chi connectivity index (χ3n) is 2.76. The molecule has 0 aliphatic heterocycles. The number of allylic oxidation sites excluding steroid dienone is 1. The number of aryl methyl sites for hydroxylation is 1. The van der Waals surface area contributed by atoms with Crippen LogP contribution in [-0.4, -0.2) is 17.5 Å². The predicted octanol–water partition coefficient (Wildman–Crippen LogP) is 4.82. The van der Waals surface area contributed by atoms with E-state index in [0.717, 1.165) is 10.4 Å². The van der Waals surface area contributed by atoms with Crippen LogP contribution in [0.5, 0.6) is 11.5 Å². The SMILES string of the molecule is CCOc1cc(/C=C/C(=O)c2ccc(C)s2)cc(Br)c1O. The molecule has 0 unspecified atom stereocenters. The lowest BCUT2D eigenvalue weighted by atomic mass is 10.1. The molecule has 0 bridgehead atoms. The number of ether oxygens (including phenoxy) is 1. The van der Waals surface area contributed by atoms with Crippen LogP contribution < -0.4 is 4.74 Å². The summed E-state index contributed by atoms with van der Waals surface area (Å²) in [7, 11) is 0. The fraction of sp³-hybridized carbons (Fsp3) is 0.188. The lowest BCUT2D eigenvalue weighted by Gasteiger charge is -2.08. The van der Waals surface area contributed by atoms with E-state index in [0.29, 0.717) is 21.7 Å². The minimum Gasteiger partial charge on any atom is -0.503 e. The van der Waals surface area contributed by atoms with Crippen LogP contribution in [0.2, 0.25) is 0 Å². The average Bonchev–Trinajstić information content (AvgIpc) is 2.88. The Morgan fingerprint density at radius 1 is 1.43 bits per heavy atom. The van der Waals surface area contributed by atoms with E-state index in [-0.39, 0.29) is 11.5 Å². The number of carbonyl (C=O) groups is 1. The number of phenols is 1. The summed E-state index contributed by atoms with van der Waals surface area (Å²) in [6.07, 6.45) is 3.24. The maximum atomic E-state index is 12.0. The number of aromatic hydroxyl groups is 1. The summed E-state index contributed by atoms with van der Waals surface area (Å²) in [5, 5.41) is 9.85. The molecule has 2 aromatic rings. The zero-order valence-electron chi connectivity index (χ0n) is 11.7. The minimum absolute atomic E-state index is 0.0322. The number of benzene rings is 1. The number of halogens is 1. The molecule has 0 spiro atoms. The van der Waals surface area contributed by atoms with Crippen molar-refractivity contribution >= 4 is 39.1 Å². The second-order valence-electron chi connectivity index (χ2n) is 4.39. The normalized spacial score (nSPS) is 11.0. The number of hydrogen-bond acceptors (Lipinski definition) is 4. The highest BCUT2D eigenvalue weighted by atomic mass is 79.9. The summed E-state index contributed by atoms with van der Waals surface area (Å²) >= 11 is 4.75. The summed E-state index contributed by atoms with van der Waals surface area (Å²) in [5.74, 6) is 0.426. The van der Waals surface area contributed by atoms with Gasteiger partial charge in [0.25, 0.3) is 0 Å². The zero-order valence-corrected chi connectivity index (χ0v) is 14.1. The van der Waals surface area contributed by atoms with Crippen molar-refractivity contribution in [3.05, 3.63) is 50.1 Å². The van der Waals surface area contributed by atoms with Crippen molar-refractivity contribution in [3.63, 3.8) is 0 Å². The van der Waals surface area contributed by atoms with Crippen molar-refractivity contribution in [3.8, 4) is 11.5 Å². The maximum absolute atomic E-state index is 12.0. The first kappa shape index (κ1) is 15.8. The van der Waals surface area contributed by atoms with Crippen LogP contribution in [0.1, 0.15) is 27.0 Å². The Bertz CT molecular complexity index is 689. The highest BCUT2D eigenvalue weighted by Gasteiger charge is 2.09. The highest BCUT2D eigenvalue weighted by Crippen LogP contribution is 2.35.